The number of ketones is 1. The Morgan fingerprint density at radius 2 is 2.00 bits per heavy atom. The highest BCUT2D eigenvalue weighted by molar-refractivity contribution is 6.14. The summed E-state index contributed by atoms with van der Waals surface area (Å²) in [5, 5.41) is 0. The van der Waals surface area contributed by atoms with Crippen LogP contribution in [0.1, 0.15) is 63.5 Å². The molecule has 1 aliphatic heterocycles. The van der Waals surface area contributed by atoms with E-state index >= 15 is 0 Å². The number of carbonyl (C=O) groups excluding carboxylic acids is 1. The van der Waals surface area contributed by atoms with Crippen LogP contribution in [0.15, 0.2) is 23.2 Å². The normalized spacial score (nSPS) is 20.4. The van der Waals surface area contributed by atoms with Crippen LogP contribution in [0.25, 0.3) is 0 Å². The van der Waals surface area contributed by atoms with Crippen LogP contribution in [0.5, 0.6) is 5.75 Å². The molecule has 0 N–H and O–H groups in total. The van der Waals surface area contributed by atoms with Gasteiger partial charge in [0.1, 0.15) is 11.5 Å². The van der Waals surface area contributed by atoms with Crippen LogP contribution in [0.2, 0.25) is 0 Å². The fourth-order valence-electron chi connectivity index (χ4n) is 3.73. The van der Waals surface area contributed by atoms with E-state index in [1.807, 2.05) is 6.07 Å². The maximum Gasteiger partial charge on any atom is 0.141 e. The molecule has 0 radical (unpaired) electrons. The molecule has 0 amide bonds. The molecule has 1 saturated carbocycles. The number of ether oxygens (including phenoxy) is 1. The van der Waals surface area contributed by atoms with E-state index in [1.54, 1.807) is 7.11 Å². The summed E-state index contributed by atoms with van der Waals surface area (Å²) in [5.41, 5.74) is 2.97. The first-order valence-corrected chi connectivity index (χ1v) is 8.31. The van der Waals surface area contributed by atoms with Gasteiger partial charge in [0.15, 0.2) is 0 Å². The van der Waals surface area contributed by atoms with E-state index in [-0.39, 0.29) is 11.5 Å². The second-order valence-corrected chi connectivity index (χ2v) is 7.01. The Morgan fingerprint density at radius 3 is 2.68 bits per heavy atom. The van der Waals surface area contributed by atoms with Crippen LogP contribution >= 0.6 is 0 Å². The predicted molar refractivity (Wildman–Crippen MR) is 88.8 cm³/mol. The van der Waals surface area contributed by atoms with Crippen molar-refractivity contribution in [1.82, 2.24) is 0 Å². The van der Waals surface area contributed by atoms with Crippen molar-refractivity contribution < 1.29 is 9.53 Å². The minimum Gasteiger partial charge on any atom is -0.497 e. The third kappa shape index (κ3) is 2.81. The van der Waals surface area contributed by atoms with Crippen molar-refractivity contribution >= 4 is 11.5 Å². The smallest absolute Gasteiger partial charge is 0.141 e. The van der Waals surface area contributed by atoms with Crippen LogP contribution in [0.3, 0.4) is 0 Å². The number of methoxy groups -OCH3 is 1. The molecule has 1 aliphatic carbocycles. The predicted octanol–water partition coefficient (Wildman–Crippen LogP) is 4.27. The lowest BCUT2D eigenvalue weighted by molar-refractivity contribution is -0.122. The second kappa shape index (κ2) is 5.86. The van der Waals surface area contributed by atoms with Crippen molar-refractivity contribution in [2.24, 2.45) is 10.9 Å². The number of fused-ring (bicyclic) bond motifs is 1. The van der Waals surface area contributed by atoms with Gasteiger partial charge in [0.2, 0.25) is 0 Å². The van der Waals surface area contributed by atoms with Crippen molar-refractivity contribution in [3.05, 3.63) is 29.3 Å². The molecule has 0 atom stereocenters. The molecule has 118 valence electrons. The van der Waals surface area contributed by atoms with Gasteiger partial charge in [-0.05, 0) is 50.5 Å². The molecule has 1 aromatic carbocycles. The number of nitrogens with zero attached hydrogens (tertiary/aromatic N) is 1. The van der Waals surface area contributed by atoms with Gasteiger partial charge in [0, 0.05) is 17.9 Å². The number of rotatable bonds is 4. The van der Waals surface area contributed by atoms with Gasteiger partial charge in [-0.1, -0.05) is 19.3 Å². The van der Waals surface area contributed by atoms with Gasteiger partial charge in [0.05, 0.1) is 18.4 Å². The van der Waals surface area contributed by atoms with Crippen LogP contribution < -0.4 is 4.74 Å². The Balaban J connectivity index is 1.82. The molecule has 3 rings (SSSR count). The largest absolute Gasteiger partial charge is 0.497 e. The Hall–Kier alpha value is -1.64. The summed E-state index contributed by atoms with van der Waals surface area (Å²) in [7, 11) is 1.68. The Labute approximate surface area is 132 Å². The zero-order chi connectivity index (χ0) is 15.7. The number of hydrogen-bond donors (Lipinski definition) is 0. The maximum absolute atomic E-state index is 12.6. The van der Waals surface area contributed by atoms with Crippen molar-refractivity contribution in [1.29, 1.82) is 0 Å². The van der Waals surface area contributed by atoms with Crippen LogP contribution in [0, 0.1) is 5.92 Å². The summed E-state index contributed by atoms with van der Waals surface area (Å²) in [6.07, 6.45) is 6.27. The monoisotopic (exact) mass is 299 g/mol. The lowest BCUT2D eigenvalue weighted by atomic mass is 9.84. The molecule has 1 aromatic rings. The molecule has 1 fully saturated rings. The molecule has 3 heteroatoms. The molecule has 0 saturated heterocycles. The minimum atomic E-state index is -0.272. The molecular formula is C19H25NO2. The maximum atomic E-state index is 12.6. The molecule has 0 spiro atoms. The SMILES string of the molecule is COc1ccc2c(c1)C(C)(C)N=C2CC(=O)C1CCCCC1. The fourth-order valence-corrected chi connectivity index (χ4v) is 3.73. The van der Waals surface area contributed by atoms with Crippen molar-refractivity contribution in [3.63, 3.8) is 0 Å². The number of benzene rings is 1. The first-order chi connectivity index (χ1) is 10.5. The minimum absolute atomic E-state index is 0.252. The number of hydrogen-bond acceptors (Lipinski definition) is 3. The van der Waals surface area contributed by atoms with E-state index in [0.717, 1.165) is 29.9 Å². The van der Waals surface area contributed by atoms with Crippen molar-refractivity contribution in [2.75, 3.05) is 7.11 Å². The van der Waals surface area contributed by atoms with Gasteiger partial charge in [-0.15, -0.1) is 0 Å². The highest BCUT2D eigenvalue weighted by Crippen LogP contribution is 2.38. The number of carbonyl (C=O) groups is 1. The van der Waals surface area contributed by atoms with Gasteiger partial charge < -0.3 is 4.74 Å². The quantitative estimate of drug-likeness (QED) is 0.832. The number of aliphatic imine (C=N–C) groups is 1. The molecule has 3 nitrogen and oxygen atoms in total. The average Bonchev–Trinajstić information content (AvgIpc) is 2.78. The summed E-state index contributed by atoms with van der Waals surface area (Å²) in [6.45, 7) is 4.20. The van der Waals surface area contributed by atoms with Crippen molar-refractivity contribution in [2.45, 2.75) is 57.9 Å². The van der Waals surface area contributed by atoms with Crippen LogP contribution in [-0.4, -0.2) is 18.6 Å². The third-order valence-electron chi connectivity index (χ3n) is 5.01. The standard InChI is InChI=1S/C19H25NO2/c1-19(2)16-11-14(22-3)9-10-15(16)17(20-19)12-18(21)13-7-5-4-6-8-13/h9-11,13H,4-8,12H2,1-3H3. The summed E-state index contributed by atoms with van der Waals surface area (Å²) in [4.78, 5) is 17.4. The molecule has 2 aliphatic rings. The average molecular weight is 299 g/mol. The zero-order valence-electron chi connectivity index (χ0n) is 13.8. The zero-order valence-corrected chi connectivity index (χ0v) is 13.8. The third-order valence-corrected chi connectivity index (χ3v) is 5.01. The van der Waals surface area contributed by atoms with Crippen LogP contribution in [0.4, 0.5) is 0 Å². The van der Waals surface area contributed by atoms with Gasteiger partial charge in [-0.3, -0.25) is 9.79 Å². The van der Waals surface area contributed by atoms with E-state index in [2.05, 4.69) is 26.0 Å². The Kier molecular flexibility index (Phi) is 4.07. The molecule has 22 heavy (non-hydrogen) atoms. The summed E-state index contributed by atoms with van der Waals surface area (Å²) < 4.78 is 5.33. The van der Waals surface area contributed by atoms with E-state index in [0.29, 0.717) is 12.2 Å². The lowest BCUT2D eigenvalue weighted by Gasteiger charge is -2.20. The van der Waals surface area contributed by atoms with Gasteiger partial charge in [0.25, 0.3) is 0 Å². The van der Waals surface area contributed by atoms with Gasteiger partial charge in [-0.25, -0.2) is 0 Å². The number of Topliss-reactive ketones (excluding diaryl/α,β-unsaturated/α-hetero) is 1. The topological polar surface area (TPSA) is 38.7 Å². The lowest BCUT2D eigenvalue weighted by Crippen LogP contribution is -2.20. The van der Waals surface area contributed by atoms with E-state index in [4.69, 9.17) is 9.73 Å². The molecular weight excluding hydrogens is 274 g/mol. The van der Waals surface area contributed by atoms with Crippen LogP contribution in [-0.2, 0) is 10.3 Å². The summed E-state index contributed by atoms with van der Waals surface area (Å²) in [6, 6.07) is 6.06. The van der Waals surface area contributed by atoms with Crippen molar-refractivity contribution in [3.8, 4) is 5.75 Å². The molecule has 0 unspecified atom stereocenters. The Bertz CT molecular complexity index is 610. The molecule has 0 bridgehead atoms. The highest BCUT2D eigenvalue weighted by Gasteiger charge is 2.33. The van der Waals surface area contributed by atoms with Gasteiger partial charge in [-0.2, -0.15) is 0 Å². The van der Waals surface area contributed by atoms with Gasteiger partial charge >= 0.3 is 0 Å². The van der Waals surface area contributed by atoms with E-state index in [1.165, 1.54) is 24.8 Å². The van der Waals surface area contributed by atoms with E-state index in [9.17, 15) is 4.79 Å². The summed E-state index contributed by atoms with van der Waals surface area (Å²) in [5.74, 6) is 1.47. The highest BCUT2D eigenvalue weighted by atomic mass is 16.5. The second-order valence-electron chi connectivity index (χ2n) is 7.01. The first-order valence-electron chi connectivity index (χ1n) is 8.31. The molecule has 0 aromatic heterocycles. The Morgan fingerprint density at radius 1 is 1.27 bits per heavy atom. The first kappa shape index (κ1) is 15.3. The molecule has 1 heterocycles. The van der Waals surface area contributed by atoms with E-state index < -0.39 is 0 Å². The summed E-state index contributed by atoms with van der Waals surface area (Å²) >= 11 is 0. The fraction of sp³-hybridized carbons (Fsp3) is 0.579.